The number of esters is 1. The van der Waals surface area contributed by atoms with Crippen LogP contribution in [-0.4, -0.2) is 17.1 Å². The number of ether oxygens (including phenoxy) is 1. The molecular weight excluding hydrogens is 310 g/mol. The Morgan fingerprint density at radius 1 is 1.16 bits per heavy atom. The molecule has 1 saturated carbocycles. The lowest BCUT2D eigenvalue weighted by Crippen LogP contribution is -2.52. The summed E-state index contributed by atoms with van der Waals surface area (Å²) in [5, 5.41) is 0. The molecule has 1 aliphatic rings. The summed E-state index contributed by atoms with van der Waals surface area (Å²) >= 11 is 0. The largest absolute Gasteiger partial charge is 0.459 e. The fourth-order valence-corrected chi connectivity index (χ4v) is 3.51. The zero-order chi connectivity index (χ0) is 18.3. The van der Waals surface area contributed by atoms with Crippen LogP contribution in [0.4, 0.5) is 0 Å². The number of carbonyl (C=O) groups is 1. The first-order chi connectivity index (χ1) is 11.8. The molecule has 0 bridgehead atoms. The quantitative estimate of drug-likeness (QED) is 0.731. The van der Waals surface area contributed by atoms with Gasteiger partial charge in [-0.1, -0.05) is 74.6 Å². The van der Waals surface area contributed by atoms with Gasteiger partial charge in [0.1, 0.15) is 11.1 Å². The molecule has 1 aromatic carbocycles. The first-order valence-electron chi connectivity index (χ1n) is 9.52. The molecular formula is C22H33NO2. The molecule has 1 aliphatic carbocycles. The molecule has 0 spiro atoms. The van der Waals surface area contributed by atoms with E-state index in [-0.39, 0.29) is 5.97 Å². The number of nitrogens with two attached hydrogens (primary N) is 1. The van der Waals surface area contributed by atoms with Gasteiger partial charge in [0, 0.05) is 0 Å². The maximum atomic E-state index is 12.8. The smallest absolute Gasteiger partial charge is 0.326 e. The zero-order valence-corrected chi connectivity index (χ0v) is 16.0. The van der Waals surface area contributed by atoms with Gasteiger partial charge < -0.3 is 10.5 Å². The van der Waals surface area contributed by atoms with Crippen molar-refractivity contribution >= 4 is 12.0 Å². The van der Waals surface area contributed by atoms with Crippen molar-refractivity contribution in [1.29, 1.82) is 0 Å². The molecule has 0 saturated heterocycles. The van der Waals surface area contributed by atoms with Crippen LogP contribution in [0, 0.1) is 5.92 Å². The topological polar surface area (TPSA) is 52.3 Å². The minimum Gasteiger partial charge on any atom is -0.459 e. The highest BCUT2D eigenvalue weighted by Gasteiger charge is 2.39. The second kappa shape index (κ2) is 8.66. The maximum Gasteiger partial charge on any atom is 0.326 e. The predicted molar refractivity (Wildman–Crippen MR) is 104 cm³/mol. The molecule has 3 heteroatoms. The molecule has 0 aromatic heterocycles. The summed E-state index contributed by atoms with van der Waals surface area (Å²) in [6.07, 6.45) is 11.4. The summed E-state index contributed by atoms with van der Waals surface area (Å²) in [5.74, 6) is 0.250. The van der Waals surface area contributed by atoms with E-state index in [1.807, 2.05) is 63.3 Å². The molecule has 25 heavy (non-hydrogen) atoms. The van der Waals surface area contributed by atoms with E-state index in [4.69, 9.17) is 10.5 Å². The van der Waals surface area contributed by atoms with Gasteiger partial charge >= 0.3 is 5.97 Å². The SMILES string of the molecule is CC(C)(C)OC(=O)C(N)(C/C=C/c1ccccc1)CC1CCCCC1. The van der Waals surface area contributed by atoms with Gasteiger partial charge in [-0.2, -0.15) is 0 Å². The van der Waals surface area contributed by atoms with Gasteiger partial charge in [0.25, 0.3) is 0 Å². The monoisotopic (exact) mass is 343 g/mol. The second-order valence-electron chi connectivity index (χ2n) is 8.38. The van der Waals surface area contributed by atoms with Crippen LogP contribution < -0.4 is 5.73 Å². The van der Waals surface area contributed by atoms with Gasteiger partial charge in [-0.25, -0.2) is 0 Å². The molecule has 1 unspecified atom stereocenters. The molecule has 0 heterocycles. The predicted octanol–water partition coefficient (Wildman–Crippen LogP) is 5.10. The fraction of sp³-hybridized carbons (Fsp3) is 0.591. The van der Waals surface area contributed by atoms with Crippen LogP contribution in [0.15, 0.2) is 36.4 Å². The summed E-state index contributed by atoms with van der Waals surface area (Å²) in [6, 6.07) is 10.1. The lowest BCUT2D eigenvalue weighted by molar-refractivity contribution is -0.162. The van der Waals surface area contributed by atoms with E-state index in [1.165, 1.54) is 32.1 Å². The third-order valence-corrected chi connectivity index (χ3v) is 4.78. The minimum absolute atomic E-state index is 0.275. The van der Waals surface area contributed by atoms with E-state index in [1.54, 1.807) is 0 Å². The molecule has 0 aliphatic heterocycles. The van der Waals surface area contributed by atoms with Crippen molar-refractivity contribution in [1.82, 2.24) is 0 Å². The van der Waals surface area contributed by atoms with Gasteiger partial charge in [0.05, 0.1) is 0 Å². The van der Waals surface area contributed by atoms with Crippen molar-refractivity contribution in [2.75, 3.05) is 0 Å². The molecule has 1 atom stereocenters. The average Bonchev–Trinajstić information content (AvgIpc) is 2.55. The molecule has 138 valence electrons. The van der Waals surface area contributed by atoms with E-state index in [2.05, 4.69) is 0 Å². The third-order valence-electron chi connectivity index (χ3n) is 4.78. The number of rotatable bonds is 6. The van der Waals surface area contributed by atoms with Gasteiger partial charge in [-0.15, -0.1) is 0 Å². The van der Waals surface area contributed by atoms with Crippen LogP contribution in [0.2, 0.25) is 0 Å². The fourth-order valence-electron chi connectivity index (χ4n) is 3.51. The number of hydrogen-bond acceptors (Lipinski definition) is 3. The van der Waals surface area contributed by atoms with Crippen LogP contribution in [-0.2, 0) is 9.53 Å². The zero-order valence-electron chi connectivity index (χ0n) is 16.0. The molecule has 0 amide bonds. The Labute approximate surface area is 152 Å². The first-order valence-corrected chi connectivity index (χ1v) is 9.52. The van der Waals surface area contributed by atoms with E-state index in [0.717, 1.165) is 5.56 Å². The summed E-state index contributed by atoms with van der Waals surface area (Å²) in [6.45, 7) is 5.68. The van der Waals surface area contributed by atoms with Crippen molar-refractivity contribution in [2.24, 2.45) is 11.7 Å². The first kappa shape index (κ1) is 19.7. The van der Waals surface area contributed by atoms with Gasteiger partial charge in [0.15, 0.2) is 0 Å². The Balaban J connectivity index is 2.09. The Hall–Kier alpha value is -1.61. The van der Waals surface area contributed by atoms with E-state index in [0.29, 0.717) is 18.8 Å². The van der Waals surface area contributed by atoms with Crippen molar-refractivity contribution in [3.63, 3.8) is 0 Å². The standard InChI is InChI=1S/C22H33NO2/c1-21(2,3)25-20(24)22(23,17-19-13-8-5-9-14-19)16-10-15-18-11-6-4-7-12-18/h4,6-7,10-12,15,19H,5,8-9,13-14,16-17,23H2,1-3H3/b15-10+. The molecule has 3 nitrogen and oxygen atoms in total. The Kier molecular flexibility index (Phi) is 6.83. The lowest BCUT2D eigenvalue weighted by atomic mass is 9.78. The number of carbonyl (C=O) groups excluding carboxylic acids is 1. The lowest BCUT2D eigenvalue weighted by Gasteiger charge is -2.34. The molecule has 1 aromatic rings. The van der Waals surface area contributed by atoms with Crippen LogP contribution >= 0.6 is 0 Å². The third kappa shape index (κ3) is 6.66. The highest BCUT2D eigenvalue weighted by atomic mass is 16.6. The van der Waals surface area contributed by atoms with Crippen LogP contribution in [0.1, 0.15) is 71.3 Å². The maximum absolute atomic E-state index is 12.8. The summed E-state index contributed by atoms with van der Waals surface area (Å²) < 4.78 is 5.65. The van der Waals surface area contributed by atoms with E-state index < -0.39 is 11.1 Å². The number of hydrogen-bond donors (Lipinski definition) is 1. The highest BCUT2D eigenvalue weighted by molar-refractivity contribution is 5.81. The van der Waals surface area contributed by atoms with Gasteiger partial charge in [-0.3, -0.25) is 4.79 Å². The number of benzene rings is 1. The Bertz CT molecular complexity index is 567. The molecule has 0 radical (unpaired) electrons. The van der Waals surface area contributed by atoms with Crippen molar-refractivity contribution in [3.8, 4) is 0 Å². The molecule has 2 rings (SSSR count). The van der Waals surface area contributed by atoms with Crippen molar-refractivity contribution < 1.29 is 9.53 Å². The van der Waals surface area contributed by atoms with E-state index >= 15 is 0 Å². The normalized spacial score (nSPS) is 18.9. The molecule has 2 N–H and O–H groups in total. The second-order valence-corrected chi connectivity index (χ2v) is 8.38. The highest BCUT2D eigenvalue weighted by Crippen LogP contribution is 2.32. The van der Waals surface area contributed by atoms with Gasteiger partial charge in [-0.05, 0) is 45.1 Å². The van der Waals surface area contributed by atoms with E-state index in [9.17, 15) is 4.79 Å². The van der Waals surface area contributed by atoms with Crippen molar-refractivity contribution in [3.05, 3.63) is 42.0 Å². The minimum atomic E-state index is -0.944. The summed E-state index contributed by atoms with van der Waals surface area (Å²) in [5.41, 5.74) is 6.27. The van der Waals surface area contributed by atoms with Crippen LogP contribution in [0.25, 0.3) is 6.08 Å². The average molecular weight is 344 g/mol. The van der Waals surface area contributed by atoms with Crippen molar-refractivity contribution in [2.45, 2.75) is 76.9 Å². The Morgan fingerprint density at radius 3 is 2.40 bits per heavy atom. The summed E-state index contributed by atoms with van der Waals surface area (Å²) in [4.78, 5) is 12.8. The van der Waals surface area contributed by atoms with Gasteiger partial charge in [0.2, 0.25) is 0 Å². The summed E-state index contributed by atoms with van der Waals surface area (Å²) in [7, 11) is 0. The van der Waals surface area contributed by atoms with Crippen LogP contribution in [0.3, 0.4) is 0 Å². The Morgan fingerprint density at radius 2 is 1.80 bits per heavy atom. The molecule has 1 fully saturated rings. The van der Waals surface area contributed by atoms with Crippen LogP contribution in [0.5, 0.6) is 0 Å².